The van der Waals surface area contributed by atoms with Crippen LogP contribution in [0.3, 0.4) is 0 Å². The van der Waals surface area contributed by atoms with Gasteiger partial charge in [0.1, 0.15) is 0 Å². The first kappa shape index (κ1) is 15.7. The average Bonchev–Trinajstić information content (AvgIpc) is 3.18. The van der Waals surface area contributed by atoms with Crippen LogP contribution in [0.1, 0.15) is 25.5 Å². The van der Waals surface area contributed by atoms with Gasteiger partial charge in [-0.15, -0.1) is 0 Å². The number of fused-ring (bicyclic) bond motifs is 1. The van der Waals surface area contributed by atoms with E-state index >= 15 is 0 Å². The SMILES string of the molecule is CC1CCCN1CCc1cc2cc(-c3ccc(Cl)cc3)ccc2[nH]1. The Balaban J connectivity index is 1.53. The number of rotatable bonds is 4. The lowest BCUT2D eigenvalue weighted by Crippen LogP contribution is -2.29. The van der Waals surface area contributed by atoms with Gasteiger partial charge < -0.3 is 9.88 Å². The molecule has 0 saturated carbocycles. The topological polar surface area (TPSA) is 19.0 Å². The standard InChI is InChI=1S/C21H23ClN2/c1-15-3-2-11-24(15)12-10-20-14-18-13-17(6-9-21(18)23-20)16-4-7-19(22)8-5-16/h4-9,13-15,23H,2-3,10-12H2,1H3. The summed E-state index contributed by atoms with van der Waals surface area (Å²) in [5.41, 5.74) is 4.99. The third kappa shape index (κ3) is 3.22. The number of hydrogen-bond acceptors (Lipinski definition) is 1. The van der Waals surface area contributed by atoms with Crippen LogP contribution in [0.25, 0.3) is 22.0 Å². The van der Waals surface area contributed by atoms with Gasteiger partial charge in [0.05, 0.1) is 0 Å². The van der Waals surface area contributed by atoms with Crippen LogP contribution in [0.5, 0.6) is 0 Å². The van der Waals surface area contributed by atoms with Crippen LogP contribution in [0.15, 0.2) is 48.5 Å². The van der Waals surface area contributed by atoms with E-state index in [9.17, 15) is 0 Å². The van der Waals surface area contributed by atoms with Crippen molar-refractivity contribution in [1.29, 1.82) is 0 Å². The van der Waals surface area contributed by atoms with E-state index < -0.39 is 0 Å². The maximum atomic E-state index is 5.99. The smallest absolute Gasteiger partial charge is 0.0456 e. The van der Waals surface area contributed by atoms with Crippen LogP contribution in [0, 0.1) is 0 Å². The second-order valence-electron chi connectivity index (χ2n) is 6.88. The summed E-state index contributed by atoms with van der Waals surface area (Å²) in [7, 11) is 0. The molecule has 3 heteroatoms. The minimum absolute atomic E-state index is 0.742. The normalized spacial score (nSPS) is 18.5. The molecular weight excluding hydrogens is 316 g/mol. The van der Waals surface area contributed by atoms with Gasteiger partial charge in [0.2, 0.25) is 0 Å². The van der Waals surface area contributed by atoms with Crippen molar-refractivity contribution in [2.75, 3.05) is 13.1 Å². The number of likely N-dealkylation sites (tertiary alicyclic amines) is 1. The lowest BCUT2D eigenvalue weighted by Gasteiger charge is -2.20. The van der Waals surface area contributed by atoms with E-state index in [0.717, 1.165) is 24.0 Å². The van der Waals surface area contributed by atoms with E-state index in [-0.39, 0.29) is 0 Å². The first-order valence-electron chi connectivity index (χ1n) is 8.81. The Morgan fingerprint density at radius 3 is 2.62 bits per heavy atom. The van der Waals surface area contributed by atoms with E-state index in [1.807, 2.05) is 12.1 Å². The first-order valence-corrected chi connectivity index (χ1v) is 9.18. The number of nitrogens with zero attached hydrogens (tertiary/aromatic N) is 1. The Morgan fingerprint density at radius 1 is 1.08 bits per heavy atom. The molecule has 2 nitrogen and oxygen atoms in total. The molecule has 0 aliphatic carbocycles. The summed E-state index contributed by atoms with van der Waals surface area (Å²) in [6, 6.07) is 17.7. The van der Waals surface area contributed by atoms with Crippen LogP contribution in [-0.4, -0.2) is 29.0 Å². The quantitative estimate of drug-likeness (QED) is 0.664. The molecule has 0 spiro atoms. The molecular formula is C21H23ClN2. The van der Waals surface area contributed by atoms with Crippen molar-refractivity contribution in [2.24, 2.45) is 0 Å². The minimum Gasteiger partial charge on any atom is -0.358 e. The van der Waals surface area contributed by atoms with Gasteiger partial charge in [-0.1, -0.05) is 29.8 Å². The average molecular weight is 339 g/mol. The van der Waals surface area contributed by atoms with Crippen LogP contribution in [0.2, 0.25) is 5.02 Å². The summed E-state index contributed by atoms with van der Waals surface area (Å²) in [6.45, 7) is 4.75. The zero-order chi connectivity index (χ0) is 16.5. The summed E-state index contributed by atoms with van der Waals surface area (Å²) in [6.07, 6.45) is 3.78. The van der Waals surface area contributed by atoms with E-state index in [4.69, 9.17) is 11.6 Å². The fraction of sp³-hybridized carbons (Fsp3) is 0.333. The highest BCUT2D eigenvalue weighted by atomic mass is 35.5. The Hall–Kier alpha value is -1.77. The minimum atomic E-state index is 0.742. The van der Waals surface area contributed by atoms with Gasteiger partial charge in [0.15, 0.2) is 0 Å². The third-order valence-electron chi connectivity index (χ3n) is 5.21. The number of hydrogen-bond donors (Lipinski definition) is 1. The molecule has 1 aliphatic heterocycles. The summed E-state index contributed by atoms with van der Waals surface area (Å²) in [5, 5.41) is 2.06. The van der Waals surface area contributed by atoms with Crippen LogP contribution in [-0.2, 0) is 6.42 Å². The van der Waals surface area contributed by atoms with Gasteiger partial charge >= 0.3 is 0 Å². The van der Waals surface area contributed by atoms with Crippen LogP contribution < -0.4 is 0 Å². The second-order valence-corrected chi connectivity index (χ2v) is 7.32. The highest BCUT2D eigenvalue weighted by Crippen LogP contribution is 2.26. The molecule has 1 aromatic heterocycles. The Morgan fingerprint density at radius 2 is 1.88 bits per heavy atom. The van der Waals surface area contributed by atoms with Crippen molar-refractivity contribution in [3.63, 3.8) is 0 Å². The first-order chi connectivity index (χ1) is 11.7. The Bertz CT molecular complexity index is 835. The lowest BCUT2D eigenvalue weighted by atomic mass is 10.0. The molecule has 0 amide bonds. The Kier molecular flexibility index (Phi) is 4.34. The van der Waals surface area contributed by atoms with Crippen LogP contribution >= 0.6 is 11.6 Å². The number of nitrogens with one attached hydrogen (secondary N) is 1. The van der Waals surface area contributed by atoms with Crippen molar-refractivity contribution in [3.05, 3.63) is 59.2 Å². The molecule has 4 rings (SSSR count). The molecule has 1 N–H and O–H groups in total. The maximum absolute atomic E-state index is 5.99. The molecule has 1 fully saturated rings. The van der Waals surface area contributed by atoms with Crippen LogP contribution in [0.4, 0.5) is 0 Å². The van der Waals surface area contributed by atoms with Gasteiger partial charge in [-0.25, -0.2) is 0 Å². The van der Waals surface area contributed by atoms with E-state index in [2.05, 4.69) is 53.2 Å². The Labute approximate surface area is 148 Å². The number of benzene rings is 2. The van der Waals surface area contributed by atoms with Crippen molar-refractivity contribution in [1.82, 2.24) is 9.88 Å². The van der Waals surface area contributed by atoms with Crippen molar-refractivity contribution < 1.29 is 0 Å². The maximum Gasteiger partial charge on any atom is 0.0456 e. The summed E-state index contributed by atoms with van der Waals surface area (Å²) in [5.74, 6) is 0. The fourth-order valence-electron chi connectivity index (χ4n) is 3.74. The summed E-state index contributed by atoms with van der Waals surface area (Å²) >= 11 is 5.99. The predicted molar refractivity (Wildman–Crippen MR) is 103 cm³/mol. The van der Waals surface area contributed by atoms with Crippen molar-refractivity contribution in [3.8, 4) is 11.1 Å². The lowest BCUT2D eigenvalue weighted by molar-refractivity contribution is 0.271. The van der Waals surface area contributed by atoms with E-state index in [1.165, 1.54) is 47.1 Å². The van der Waals surface area contributed by atoms with Gasteiger partial charge in [-0.2, -0.15) is 0 Å². The molecule has 2 heterocycles. The number of H-pyrrole nitrogens is 1. The summed E-state index contributed by atoms with van der Waals surface area (Å²) in [4.78, 5) is 6.18. The molecule has 0 bridgehead atoms. The summed E-state index contributed by atoms with van der Waals surface area (Å²) < 4.78 is 0. The van der Waals surface area contributed by atoms with Gasteiger partial charge in [-0.3, -0.25) is 0 Å². The number of aromatic nitrogens is 1. The van der Waals surface area contributed by atoms with Gasteiger partial charge in [-0.05, 0) is 67.8 Å². The number of halogens is 1. The molecule has 1 unspecified atom stereocenters. The molecule has 1 aliphatic rings. The molecule has 1 saturated heterocycles. The molecule has 124 valence electrons. The fourth-order valence-corrected chi connectivity index (χ4v) is 3.86. The zero-order valence-electron chi connectivity index (χ0n) is 14.1. The van der Waals surface area contributed by atoms with E-state index in [1.54, 1.807) is 0 Å². The highest BCUT2D eigenvalue weighted by Gasteiger charge is 2.19. The molecule has 1 atom stereocenters. The highest BCUT2D eigenvalue weighted by molar-refractivity contribution is 6.30. The molecule has 24 heavy (non-hydrogen) atoms. The van der Waals surface area contributed by atoms with Gasteiger partial charge in [0.25, 0.3) is 0 Å². The monoisotopic (exact) mass is 338 g/mol. The molecule has 2 aromatic carbocycles. The van der Waals surface area contributed by atoms with Crippen molar-refractivity contribution in [2.45, 2.75) is 32.2 Å². The zero-order valence-corrected chi connectivity index (χ0v) is 14.8. The predicted octanol–water partition coefficient (Wildman–Crippen LogP) is 5.52. The van der Waals surface area contributed by atoms with Crippen molar-refractivity contribution >= 4 is 22.5 Å². The second kappa shape index (κ2) is 6.62. The van der Waals surface area contributed by atoms with Gasteiger partial charge in [0, 0.05) is 40.6 Å². The molecule has 0 radical (unpaired) electrons. The third-order valence-corrected chi connectivity index (χ3v) is 5.46. The number of aromatic amines is 1. The van der Waals surface area contributed by atoms with E-state index in [0.29, 0.717) is 0 Å². The largest absolute Gasteiger partial charge is 0.358 e. The molecule has 3 aromatic rings.